The molecular weight excluding hydrogens is 620 g/mol. The van der Waals surface area contributed by atoms with Gasteiger partial charge in [-0.1, -0.05) is 56.8 Å². The summed E-state index contributed by atoms with van der Waals surface area (Å²) >= 11 is 1.29. The first-order valence-corrected chi connectivity index (χ1v) is 16.0. The van der Waals surface area contributed by atoms with Crippen molar-refractivity contribution in [3.63, 3.8) is 0 Å². The van der Waals surface area contributed by atoms with Crippen LogP contribution in [0.1, 0.15) is 43.0 Å². The fourth-order valence-electron chi connectivity index (χ4n) is 4.67. The maximum atomic E-state index is 13.9. The standard InChI is InChI=1S/C33H36F4N6O2S/c1-4-25-20-43(32(40-31(25)45)46-22-23-7-13-28(34)14-8-23)21-29(44)42(16-15-41(5-2)6-3)19-24-17-38-30(39-18-24)26-9-11-27(12-10-26)33(35,36)37/h7-14,17-18,20H,4-6,15-16,19,21-22H2,1-3H3. The topological polar surface area (TPSA) is 84.2 Å². The van der Waals surface area contributed by atoms with Crippen LogP contribution in [-0.2, 0) is 36.2 Å². The minimum atomic E-state index is -4.43. The van der Waals surface area contributed by atoms with E-state index in [1.807, 2.05) is 20.8 Å². The van der Waals surface area contributed by atoms with E-state index >= 15 is 0 Å². The van der Waals surface area contributed by atoms with Crippen molar-refractivity contribution in [1.82, 2.24) is 29.3 Å². The van der Waals surface area contributed by atoms with Gasteiger partial charge in [-0.05, 0) is 49.3 Å². The summed E-state index contributed by atoms with van der Waals surface area (Å²) in [5.41, 5.74) is 1.33. The van der Waals surface area contributed by atoms with Crippen molar-refractivity contribution < 1.29 is 22.4 Å². The van der Waals surface area contributed by atoms with Crippen molar-refractivity contribution in [1.29, 1.82) is 0 Å². The number of nitrogens with zero attached hydrogens (tertiary/aromatic N) is 6. The lowest BCUT2D eigenvalue weighted by molar-refractivity contribution is -0.137. The van der Waals surface area contributed by atoms with Crippen LogP contribution in [0.3, 0.4) is 0 Å². The Morgan fingerprint density at radius 2 is 1.57 bits per heavy atom. The molecule has 0 saturated carbocycles. The van der Waals surface area contributed by atoms with Crippen molar-refractivity contribution >= 4 is 17.7 Å². The summed E-state index contributed by atoms with van der Waals surface area (Å²) < 4.78 is 53.9. The first-order chi connectivity index (χ1) is 22.0. The predicted molar refractivity (Wildman–Crippen MR) is 170 cm³/mol. The number of carbonyl (C=O) groups excluding carboxylic acids is 1. The van der Waals surface area contributed by atoms with Gasteiger partial charge in [0.1, 0.15) is 12.4 Å². The molecule has 0 spiro atoms. The molecule has 0 unspecified atom stereocenters. The molecule has 46 heavy (non-hydrogen) atoms. The summed E-state index contributed by atoms with van der Waals surface area (Å²) in [4.78, 5) is 43.3. The maximum Gasteiger partial charge on any atom is 0.416 e. The Morgan fingerprint density at radius 3 is 2.15 bits per heavy atom. The maximum absolute atomic E-state index is 13.9. The molecule has 2 aromatic carbocycles. The molecule has 0 aliphatic rings. The minimum Gasteiger partial charge on any atom is -0.335 e. The zero-order valence-corrected chi connectivity index (χ0v) is 26.7. The average Bonchev–Trinajstić information content (AvgIpc) is 3.05. The van der Waals surface area contributed by atoms with Gasteiger partial charge in [0.2, 0.25) is 5.91 Å². The monoisotopic (exact) mass is 656 g/mol. The number of amides is 1. The highest BCUT2D eigenvalue weighted by Crippen LogP contribution is 2.30. The van der Waals surface area contributed by atoms with Gasteiger partial charge in [0.25, 0.3) is 5.56 Å². The van der Waals surface area contributed by atoms with Crippen molar-refractivity contribution in [2.45, 2.75) is 57.4 Å². The fourth-order valence-corrected chi connectivity index (χ4v) is 5.59. The third-order valence-electron chi connectivity index (χ3n) is 7.48. The Bertz CT molecular complexity index is 1640. The fraction of sp³-hybridized carbons (Fsp3) is 0.364. The molecule has 0 N–H and O–H groups in total. The highest BCUT2D eigenvalue weighted by Gasteiger charge is 2.30. The lowest BCUT2D eigenvalue weighted by atomic mass is 10.1. The van der Waals surface area contributed by atoms with Crippen LogP contribution >= 0.6 is 11.8 Å². The highest BCUT2D eigenvalue weighted by molar-refractivity contribution is 7.98. The third-order valence-corrected chi connectivity index (χ3v) is 8.54. The number of alkyl halides is 3. The van der Waals surface area contributed by atoms with Crippen molar-refractivity contribution in [3.05, 3.63) is 106 Å². The number of hydrogen-bond donors (Lipinski definition) is 0. The second-order valence-corrected chi connectivity index (χ2v) is 11.5. The molecule has 1 amide bonds. The van der Waals surface area contributed by atoms with E-state index in [4.69, 9.17) is 0 Å². The number of likely N-dealkylation sites (N-methyl/N-ethyl adjacent to an activating group) is 1. The van der Waals surface area contributed by atoms with E-state index in [1.54, 1.807) is 40.2 Å². The molecule has 2 aromatic heterocycles. The lowest BCUT2D eigenvalue weighted by Crippen LogP contribution is -2.40. The first kappa shape index (κ1) is 34.8. The van der Waals surface area contributed by atoms with Crippen LogP contribution in [0.25, 0.3) is 11.4 Å². The summed E-state index contributed by atoms with van der Waals surface area (Å²) in [7, 11) is 0. The van der Waals surface area contributed by atoms with Crippen LogP contribution in [0.5, 0.6) is 0 Å². The Labute approximate surface area is 269 Å². The van der Waals surface area contributed by atoms with Gasteiger partial charge in [-0.15, -0.1) is 0 Å². The smallest absolute Gasteiger partial charge is 0.335 e. The van der Waals surface area contributed by atoms with Gasteiger partial charge in [0, 0.05) is 60.7 Å². The summed E-state index contributed by atoms with van der Waals surface area (Å²) in [5, 5.41) is 0.382. The number of aromatic nitrogens is 4. The van der Waals surface area contributed by atoms with E-state index in [0.717, 1.165) is 30.8 Å². The van der Waals surface area contributed by atoms with Crippen LogP contribution in [0.4, 0.5) is 17.6 Å². The van der Waals surface area contributed by atoms with Crippen LogP contribution in [0.15, 0.2) is 77.1 Å². The largest absolute Gasteiger partial charge is 0.416 e. The molecule has 4 aromatic rings. The van der Waals surface area contributed by atoms with Gasteiger partial charge < -0.3 is 14.4 Å². The van der Waals surface area contributed by atoms with Crippen LogP contribution in [-0.4, -0.2) is 61.4 Å². The van der Waals surface area contributed by atoms with E-state index in [1.165, 1.54) is 36.0 Å². The predicted octanol–water partition coefficient (Wildman–Crippen LogP) is 6.08. The van der Waals surface area contributed by atoms with Gasteiger partial charge >= 0.3 is 6.18 Å². The molecule has 0 aliphatic heterocycles. The molecule has 2 heterocycles. The number of aryl methyl sites for hydroxylation is 1. The zero-order valence-electron chi connectivity index (χ0n) is 25.9. The number of hydrogen-bond acceptors (Lipinski definition) is 7. The Kier molecular flexibility index (Phi) is 12.1. The number of thioether (sulfide) groups is 1. The summed E-state index contributed by atoms with van der Waals surface area (Å²) in [6.07, 6.45) is 0.827. The molecule has 0 radical (unpaired) electrons. The second kappa shape index (κ2) is 15.9. The van der Waals surface area contributed by atoms with E-state index in [2.05, 4.69) is 19.9 Å². The summed E-state index contributed by atoms with van der Waals surface area (Å²) in [6, 6.07) is 10.7. The SMILES string of the molecule is CCc1cn(CC(=O)N(CCN(CC)CC)Cc2cnc(-c3ccc(C(F)(F)F)cc3)nc2)c(SCc2ccc(F)cc2)nc1=O. The molecular formula is C33H36F4N6O2S. The van der Waals surface area contributed by atoms with Gasteiger partial charge in [-0.3, -0.25) is 9.59 Å². The second-order valence-electron chi connectivity index (χ2n) is 10.6. The van der Waals surface area contributed by atoms with Crippen molar-refractivity contribution in [3.8, 4) is 11.4 Å². The molecule has 4 rings (SSSR count). The minimum absolute atomic E-state index is 0.0607. The molecule has 0 aliphatic carbocycles. The van der Waals surface area contributed by atoms with Gasteiger partial charge in [-0.25, -0.2) is 14.4 Å². The van der Waals surface area contributed by atoms with Crippen LogP contribution < -0.4 is 5.56 Å². The van der Waals surface area contributed by atoms with E-state index in [9.17, 15) is 27.2 Å². The molecule has 244 valence electrons. The average molecular weight is 657 g/mol. The van der Waals surface area contributed by atoms with E-state index in [-0.39, 0.29) is 36.2 Å². The normalized spacial score (nSPS) is 11.7. The summed E-state index contributed by atoms with van der Waals surface area (Å²) in [6.45, 7) is 8.79. The Hall–Kier alpha value is -4.10. The van der Waals surface area contributed by atoms with Gasteiger partial charge in [0.05, 0.1) is 5.56 Å². The highest BCUT2D eigenvalue weighted by atomic mass is 32.2. The molecule has 8 nitrogen and oxygen atoms in total. The van der Waals surface area contributed by atoms with Crippen LogP contribution in [0.2, 0.25) is 0 Å². The molecule has 0 saturated heterocycles. The molecule has 0 bridgehead atoms. The number of halogens is 4. The van der Waals surface area contributed by atoms with Gasteiger partial charge in [-0.2, -0.15) is 18.2 Å². The van der Waals surface area contributed by atoms with Crippen molar-refractivity contribution in [2.75, 3.05) is 26.2 Å². The quantitative estimate of drug-likeness (QED) is 0.0924. The number of rotatable bonds is 14. The molecule has 13 heteroatoms. The van der Waals surface area contributed by atoms with E-state index < -0.39 is 11.7 Å². The first-order valence-electron chi connectivity index (χ1n) is 15.0. The van der Waals surface area contributed by atoms with Crippen molar-refractivity contribution in [2.24, 2.45) is 0 Å². The number of benzene rings is 2. The van der Waals surface area contributed by atoms with E-state index in [0.29, 0.717) is 47.1 Å². The number of carbonyl (C=O) groups is 1. The lowest BCUT2D eigenvalue weighted by Gasteiger charge is -2.27. The molecule has 0 atom stereocenters. The Balaban J connectivity index is 1.55. The third kappa shape index (κ3) is 9.46. The van der Waals surface area contributed by atoms with Crippen LogP contribution in [0, 0.1) is 5.82 Å². The zero-order chi connectivity index (χ0) is 33.3. The Morgan fingerprint density at radius 1 is 0.913 bits per heavy atom. The summed E-state index contributed by atoms with van der Waals surface area (Å²) in [5.74, 6) is 0.162. The van der Waals surface area contributed by atoms with Gasteiger partial charge in [0.15, 0.2) is 11.0 Å². The molecule has 0 fully saturated rings.